The highest BCUT2D eigenvalue weighted by Crippen LogP contribution is 2.24. The standard InChI is InChI=1S/C10H9ClN4O2S/c1-2-17-10(16)18-9-12-13-14-15(9)8-6-4-3-5-7(8)11/h3-6H,2H2,1H3. The minimum Gasteiger partial charge on any atom is -0.458 e. The molecule has 1 aromatic carbocycles. The van der Waals surface area contributed by atoms with E-state index >= 15 is 0 Å². The van der Waals surface area contributed by atoms with E-state index in [1.54, 1.807) is 25.1 Å². The fourth-order valence-corrected chi connectivity index (χ4v) is 2.08. The van der Waals surface area contributed by atoms with Gasteiger partial charge >= 0.3 is 5.30 Å². The van der Waals surface area contributed by atoms with E-state index in [0.717, 1.165) is 11.8 Å². The summed E-state index contributed by atoms with van der Waals surface area (Å²) in [5, 5.41) is 11.4. The molecule has 0 aliphatic heterocycles. The molecule has 0 atom stereocenters. The number of halogens is 1. The molecule has 0 saturated carbocycles. The second-order valence-corrected chi connectivity index (χ2v) is 4.42. The van der Waals surface area contributed by atoms with Gasteiger partial charge in [-0.1, -0.05) is 23.7 Å². The summed E-state index contributed by atoms with van der Waals surface area (Å²) in [6.07, 6.45) is 0. The molecular formula is C10H9ClN4O2S. The summed E-state index contributed by atoms with van der Waals surface area (Å²) in [6.45, 7) is 2.04. The Morgan fingerprint density at radius 2 is 2.28 bits per heavy atom. The molecule has 0 fully saturated rings. The normalized spacial score (nSPS) is 10.3. The number of nitrogens with zero attached hydrogens (tertiary/aromatic N) is 4. The van der Waals surface area contributed by atoms with E-state index in [9.17, 15) is 4.79 Å². The molecule has 2 rings (SSSR count). The van der Waals surface area contributed by atoms with Gasteiger partial charge in [0.1, 0.15) is 0 Å². The van der Waals surface area contributed by atoms with Gasteiger partial charge in [0.2, 0.25) is 5.16 Å². The highest BCUT2D eigenvalue weighted by Gasteiger charge is 2.16. The van der Waals surface area contributed by atoms with Crippen LogP contribution in [0.4, 0.5) is 4.79 Å². The number of aromatic nitrogens is 4. The maximum absolute atomic E-state index is 11.4. The Labute approximate surface area is 112 Å². The largest absolute Gasteiger partial charge is 0.458 e. The van der Waals surface area contributed by atoms with Gasteiger partial charge in [-0.15, -0.1) is 5.10 Å². The number of rotatable bonds is 3. The van der Waals surface area contributed by atoms with Crippen molar-refractivity contribution in [3.8, 4) is 5.69 Å². The van der Waals surface area contributed by atoms with E-state index in [1.807, 2.05) is 6.07 Å². The van der Waals surface area contributed by atoms with E-state index in [1.165, 1.54) is 4.68 Å². The van der Waals surface area contributed by atoms with Crippen molar-refractivity contribution in [1.29, 1.82) is 0 Å². The predicted molar refractivity (Wildman–Crippen MR) is 67.0 cm³/mol. The highest BCUT2D eigenvalue weighted by molar-refractivity contribution is 8.13. The van der Waals surface area contributed by atoms with E-state index in [0.29, 0.717) is 22.5 Å². The molecule has 0 N–H and O–H groups in total. The van der Waals surface area contributed by atoms with Crippen LogP contribution in [-0.2, 0) is 4.74 Å². The SMILES string of the molecule is CCOC(=O)Sc1nnnn1-c1ccccc1Cl. The number of carbonyl (C=O) groups excluding carboxylic acids is 1. The minimum atomic E-state index is -0.458. The zero-order valence-electron chi connectivity index (χ0n) is 9.41. The lowest BCUT2D eigenvalue weighted by Crippen LogP contribution is -2.03. The van der Waals surface area contributed by atoms with Crippen LogP contribution in [0.1, 0.15) is 6.92 Å². The number of tetrazole rings is 1. The van der Waals surface area contributed by atoms with Gasteiger partial charge in [-0.3, -0.25) is 0 Å². The molecule has 1 heterocycles. The van der Waals surface area contributed by atoms with Crippen LogP contribution in [0.5, 0.6) is 0 Å². The van der Waals surface area contributed by atoms with Crippen molar-refractivity contribution in [2.75, 3.05) is 6.61 Å². The first-order valence-corrected chi connectivity index (χ1v) is 6.29. The van der Waals surface area contributed by atoms with Crippen LogP contribution in [-0.4, -0.2) is 32.1 Å². The molecule has 0 amide bonds. The van der Waals surface area contributed by atoms with Crippen molar-refractivity contribution in [2.24, 2.45) is 0 Å². The summed E-state index contributed by atoms with van der Waals surface area (Å²) in [6, 6.07) is 7.08. The lowest BCUT2D eigenvalue weighted by molar-refractivity contribution is 0.181. The first-order valence-electron chi connectivity index (χ1n) is 5.10. The molecule has 0 aliphatic carbocycles. The van der Waals surface area contributed by atoms with Gasteiger partial charge in [0.15, 0.2) is 0 Å². The Morgan fingerprint density at radius 3 is 3.00 bits per heavy atom. The Balaban J connectivity index is 2.28. The Morgan fingerprint density at radius 1 is 1.50 bits per heavy atom. The van der Waals surface area contributed by atoms with Gasteiger partial charge in [0.25, 0.3) is 0 Å². The summed E-state index contributed by atoms with van der Waals surface area (Å²) in [7, 11) is 0. The number of carbonyl (C=O) groups is 1. The van der Waals surface area contributed by atoms with E-state index in [2.05, 4.69) is 15.5 Å². The molecule has 1 aromatic heterocycles. The second kappa shape index (κ2) is 5.83. The summed E-state index contributed by atoms with van der Waals surface area (Å²) in [5.74, 6) is 0. The fourth-order valence-electron chi connectivity index (χ4n) is 1.24. The molecule has 0 bridgehead atoms. The third-order valence-corrected chi connectivity index (χ3v) is 3.00. The molecule has 18 heavy (non-hydrogen) atoms. The Kier molecular flexibility index (Phi) is 4.16. The van der Waals surface area contributed by atoms with Crippen LogP contribution in [0.2, 0.25) is 5.02 Å². The van der Waals surface area contributed by atoms with Crippen molar-refractivity contribution in [1.82, 2.24) is 20.2 Å². The lowest BCUT2D eigenvalue weighted by atomic mass is 10.3. The first-order chi connectivity index (χ1) is 8.72. The molecule has 94 valence electrons. The van der Waals surface area contributed by atoms with Crippen LogP contribution in [0.15, 0.2) is 29.4 Å². The number of ether oxygens (including phenoxy) is 1. The van der Waals surface area contributed by atoms with Crippen LogP contribution in [0, 0.1) is 0 Å². The lowest BCUT2D eigenvalue weighted by Gasteiger charge is -2.05. The Hall–Kier alpha value is -1.60. The summed E-state index contributed by atoms with van der Waals surface area (Å²) in [4.78, 5) is 11.4. The zero-order chi connectivity index (χ0) is 13.0. The number of para-hydroxylation sites is 1. The van der Waals surface area contributed by atoms with Crippen molar-refractivity contribution in [2.45, 2.75) is 12.1 Å². The van der Waals surface area contributed by atoms with Gasteiger partial charge in [0.05, 0.1) is 17.3 Å². The molecule has 6 nitrogen and oxygen atoms in total. The summed E-state index contributed by atoms with van der Waals surface area (Å²) < 4.78 is 6.21. The average Bonchev–Trinajstić information content (AvgIpc) is 2.78. The maximum atomic E-state index is 11.4. The number of hydrogen-bond donors (Lipinski definition) is 0. The highest BCUT2D eigenvalue weighted by atomic mass is 35.5. The van der Waals surface area contributed by atoms with Crippen LogP contribution in [0.3, 0.4) is 0 Å². The number of benzene rings is 1. The van der Waals surface area contributed by atoms with Gasteiger partial charge in [0, 0.05) is 11.8 Å². The van der Waals surface area contributed by atoms with Crippen molar-refractivity contribution in [3.63, 3.8) is 0 Å². The quantitative estimate of drug-likeness (QED) is 0.637. The van der Waals surface area contributed by atoms with Crippen LogP contribution >= 0.6 is 23.4 Å². The van der Waals surface area contributed by atoms with Gasteiger partial charge in [-0.2, -0.15) is 4.68 Å². The van der Waals surface area contributed by atoms with E-state index in [-0.39, 0.29) is 0 Å². The van der Waals surface area contributed by atoms with Gasteiger partial charge < -0.3 is 4.74 Å². The molecule has 2 aromatic rings. The van der Waals surface area contributed by atoms with Crippen molar-refractivity contribution < 1.29 is 9.53 Å². The maximum Gasteiger partial charge on any atom is 0.375 e. The number of hydrogen-bond acceptors (Lipinski definition) is 6. The van der Waals surface area contributed by atoms with Crippen LogP contribution in [0.25, 0.3) is 5.69 Å². The van der Waals surface area contributed by atoms with E-state index in [4.69, 9.17) is 16.3 Å². The third-order valence-electron chi connectivity index (χ3n) is 1.96. The molecule has 0 spiro atoms. The molecule has 0 aliphatic rings. The molecular weight excluding hydrogens is 276 g/mol. The van der Waals surface area contributed by atoms with Gasteiger partial charge in [-0.25, -0.2) is 4.79 Å². The van der Waals surface area contributed by atoms with Crippen molar-refractivity contribution in [3.05, 3.63) is 29.3 Å². The smallest absolute Gasteiger partial charge is 0.375 e. The monoisotopic (exact) mass is 284 g/mol. The molecule has 8 heteroatoms. The first kappa shape index (κ1) is 12.8. The van der Waals surface area contributed by atoms with Crippen LogP contribution < -0.4 is 0 Å². The number of thioether (sulfide) groups is 1. The zero-order valence-corrected chi connectivity index (χ0v) is 11.0. The molecule has 0 saturated heterocycles. The Bertz CT molecular complexity index is 560. The predicted octanol–water partition coefficient (Wildman–Crippen LogP) is 2.56. The average molecular weight is 285 g/mol. The topological polar surface area (TPSA) is 69.9 Å². The summed E-state index contributed by atoms with van der Waals surface area (Å²) in [5.41, 5.74) is 0.607. The van der Waals surface area contributed by atoms with Gasteiger partial charge in [-0.05, 0) is 29.5 Å². The second-order valence-electron chi connectivity index (χ2n) is 3.11. The van der Waals surface area contributed by atoms with Crippen molar-refractivity contribution >= 4 is 28.7 Å². The summed E-state index contributed by atoms with van der Waals surface area (Å²) >= 11 is 6.86. The minimum absolute atomic E-state index is 0.305. The molecule has 0 radical (unpaired) electrons. The van der Waals surface area contributed by atoms with E-state index < -0.39 is 5.30 Å². The fraction of sp³-hybridized carbons (Fsp3) is 0.200. The molecule has 0 unspecified atom stereocenters. The third kappa shape index (κ3) is 2.80.